The number of nitrogens with zero attached hydrogens (tertiary/aromatic N) is 2. The van der Waals surface area contributed by atoms with Crippen LogP contribution in [0.5, 0.6) is 0 Å². The van der Waals surface area contributed by atoms with Gasteiger partial charge in [0.2, 0.25) is 20.0 Å². The molecule has 0 saturated carbocycles. The first kappa shape index (κ1) is 23.4. The molecule has 0 aliphatic carbocycles. The summed E-state index contributed by atoms with van der Waals surface area (Å²) >= 11 is 7.96. The Morgan fingerprint density at radius 1 is 1.17 bits per heavy atom. The van der Waals surface area contributed by atoms with Crippen LogP contribution in [0.15, 0.2) is 47.7 Å². The van der Waals surface area contributed by atoms with Crippen molar-refractivity contribution in [3.8, 4) is 0 Å². The number of rotatable bonds is 8. The normalized spacial score (nSPS) is 17.7. The molecule has 1 aliphatic heterocycles. The standard InChI is InChI=1S/C19H24ClN3O4S3/c1-2-30(26,27)23-8-6-22(7-9-23)19(18-4-3-10-28-18)16-12-15(13-17(20)14-16)5-11-29(21,24)25/h2-4,10,12-14,19H,1,5-9,11H2,(H2,21,24,25)/t19-/m0/s1. The molecule has 0 amide bonds. The lowest BCUT2D eigenvalue weighted by atomic mass is 9.99. The number of aryl methyl sites for hydroxylation is 1. The van der Waals surface area contributed by atoms with Crippen LogP contribution in [-0.4, -0.2) is 58.0 Å². The summed E-state index contributed by atoms with van der Waals surface area (Å²) in [7, 11) is -7.02. The van der Waals surface area contributed by atoms with Crippen LogP contribution >= 0.6 is 22.9 Å². The van der Waals surface area contributed by atoms with Gasteiger partial charge in [-0.25, -0.2) is 22.0 Å². The van der Waals surface area contributed by atoms with E-state index in [2.05, 4.69) is 11.5 Å². The number of sulfonamides is 2. The van der Waals surface area contributed by atoms with Crippen LogP contribution in [0.1, 0.15) is 22.0 Å². The molecule has 1 aromatic heterocycles. The van der Waals surface area contributed by atoms with Crippen molar-refractivity contribution >= 4 is 43.0 Å². The summed E-state index contributed by atoms with van der Waals surface area (Å²) in [6.07, 6.45) is 0.273. The summed E-state index contributed by atoms with van der Waals surface area (Å²) in [5.41, 5.74) is 1.73. The van der Waals surface area contributed by atoms with Gasteiger partial charge in [-0.2, -0.15) is 4.31 Å². The van der Waals surface area contributed by atoms with Crippen molar-refractivity contribution in [2.75, 3.05) is 31.9 Å². The molecule has 2 N–H and O–H groups in total. The predicted octanol–water partition coefficient (Wildman–Crippen LogP) is 2.41. The Labute approximate surface area is 186 Å². The lowest BCUT2D eigenvalue weighted by molar-refractivity contribution is 0.158. The van der Waals surface area contributed by atoms with Crippen LogP contribution in [0, 0.1) is 0 Å². The minimum absolute atomic E-state index is 0.106. The second-order valence-corrected chi connectivity index (χ2v) is 12.1. The third-order valence-electron chi connectivity index (χ3n) is 4.99. The highest BCUT2D eigenvalue weighted by Crippen LogP contribution is 2.34. The fraction of sp³-hybridized carbons (Fsp3) is 0.368. The molecule has 2 aromatic rings. The van der Waals surface area contributed by atoms with Crippen molar-refractivity contribution < 1.29 is 16.8 Å². The number of hydrogen-bond acceptors (Lipinski definition) is 6. The van der Waals surface area contributed by atoms with E-state index in [4.69, 9.17) is 16.7 Å². The van der Waals surface area contributed by atoms with Crippen LogP contribution < -0.4 is 5.14 Å². The monoisotopic (exact) mass is 489 g/mol. The van der Waals surface area contributed by atoms with Crippen LogP contribution in [0.2, 0.25) is 5.02 Å². The molecule has 0 bridgehead atoms. The molecule has 1 saturated heterocycles. The Hall–Kier alpha value is -1.27. The Balaban J connectivity index is 1.89. The van der Waals surface area contributed by atoms with Gasteiger partial charge in [-0.3, -0.25) is 4.90 Å². The first-order chi connectivity index (χ1) is 14.1. The number of piperazine rings is 1. The zero-order valence-corrected chi connectivity index (χ0v) is 19.5. The average Bonchev–Trinajstić information content (AvgIpc) is 3.20. The number of hydrogen-bond donors (Lipinski definition) is 1. The number of primary sulfonamides is 1. The van der Waals surface area contributed by atoms with Gasteiger partial charge in [-0.05, 0) is 41.1 Å². The van der Waals surface area contributed by atoms with E-state index >= 15 is 0 Å². The van der Waals surface area contributed by atoms with Crippen molar-refractivity contribution in [3.05, 3.63) is 68.7 Å². The molecule has 11 heteroatoms. The number of nitrogens with two attached hydrogens (primary N) is 1. The minimum Gasteiger partial charge on any atom is -0.289 e. The van der Waals surface area contributed by atoms with E-state index in [1.165, 1.54) is 4.31 Å². The Kier molecular flexibility index (Phi) is 7.39. The van der Waals surface area contributed by atoms with Gasteiger partial charge >= 0.3 is 0 Å². The zero-order chi connectivity index (χ0) is 21.9. The van der Waals surface area contributed by atoms with Crippen molar-refractivity contribution in [2.45, 2.75) is 12.5 Å². The summed E-state index contributed by atoms with van der Waals surface area (Å²) in [5.74, 6) is -0.158. The molecule has 0 spiro atoms. The molecule has 1 fully saturated rings. The molecule has 0 unspecified atom stereocenters. The van der Waals surface area contributed by atoms with E-state index in [0.29, 0.717) is 31.2 Å². The molecule has 3 rings (SSSR count). The first-order valence-electron chi connectivity index (χ1n) is 9.29. The van der Waals surface area contributed by atoms with E-state index < -0.39 is 20.0 Å². The van der Waals surface area contributed by atoms with Crippen molar-refractivity contribution in [1.82, 2.24) is 9.21 Å². The maximum Gasteiger partial charge on any atom is 0.235 e. The van der Waals surface area contributed by atoms with Gasteiger partial charge in [0, 0.05) is 41.5 Å². The second kappa shape index (κ2) is 9.47. The number of thiophene rings is 1. The Bertz CT molecular complexity index is 1090. The molecular formula is C19H24ClN3O4S3. The predicted molar refractivity (Wildman–Crippen MR) is 122 cm³/mol. The maximum absolute atomic E-state index is 12.1. The van der Waals surface area contributed by atoms with E-state index in [1.807, 2.05) is 29.6 Å². The number of halogens is 1. The Morgan fingerprint density at radius 3 is 2.43 bits per heavy atom. The molecule has 1 aliphatic rings. The second-order valence-electron chi connectivity index (χ2n) is 7.07. The lowest BCUT2D eigenvalue weighted by Crippen LogP contribution is -2.49. The smallest absolute Gasteiger partial charge is 0.235 e. The fourth-order valence-electron chi connectivity index (χ4n) is 3.56. The number of benzene rings is 1. The van der Waals surface area contributed by atoms with Crippen molar-refractivity contribution in [1.29, 1.82) is 0 Å². The molecule has 0 radical (unpaired) electrons. The van der Waals surface area contributed by atoms with Gasteiger partial charge < -0.3 is 0 Å². The topological polar surface area (TPSA) is 101 Å². The summed E-state index contributed by atoms with van der Waals surface area (Å²) in [6, 6.07) is 9.47. The first-order valence-corrected chi connectivity index (χ1v) is 13.8. The van der Waals surface area contributed by atoms with Crippen LogP contribution in [0.25, 0.3) is 0 Å². The fourth-order valence-corrected chi connectivity index (χ4v) is 6.12. The Morgan fingerprint density at radius 2 is 1.87 bits per heavy atom. The van der Waals surface area contributed by atoms with Gasteiger partial charge in [-0.15, -0.1) is 11.3 Å². The zero-order valence-electron chi connectivity index (χ0n) is 16.3. The average molecular weight is 490 g/mol. The molecule has 2 heterocycles. The highest BCUT2D eigenvalue weighted by atomic mass is 35.5. The molecule has 164 valence electrons. The van der Waals surface area contributed by atoms with Crippen LogP contribution in [-0.2, 0) is 26.5 Å². The van der Waals surface area contributed by atoms with Crippen LogP contribution in [0.3, 0.4) is 0 Å². The molecule has 1 aromatic carbocycles. The molecule has 7 nitrogen and oxygen atoms in total. The summed E-state index contributed by atoms with van der Waals surface area (Å²) < 4.78 is 48.3. The van der Waals surface area contributed by atoms with Gasteiger partial charge in [0.25, 0.3) is 0 Å². The largest absolute Gasteiger partial charge is 0.289 e. The van der Waals surface area contributed by atoms with Crippen LogP contribution in [0.4, 0.5) is 0 Å². The third kappa shape index (κ3) is 5.91. The maximum atomic E-state index is 12.1. The molecular weight excluding hydrogens is 466 g/mol. The van der Waals surface area contributed by atoms with Gasteiger partial charge in [-0.1, -0.05) is 30.3 Å². The van der Waals surface area contributed by atoms with Crippen molar-refractivity contribution in [3.63, 3.8) is 0 Å². The third-order valence-corrected chi connectivity index (χ3v) is 8.41. The van der Waals surface area contributed by atoms with Gasteiger partial charge in [0.05, 0.1) is 11.8 Å². The highest BCUT2D eigenvalue weighted by molar-refractivity contribution is 7.92. The quantitative estimate of drug-likeness (QED) is 0.613. The molecule has 1 atom stereocenters. The summed E-state index contributed by atoms with van der Waals surface area (Å²) in [5, 5.41) is 8.64. The summed E-state index contributed by atoms with van der Waals surface area (Å²) in [6.45, 7) is 5.24. The van der Waals surface area contributed by atoms with E-state index in [9.17, 15) is 16.8 Å². The van der Waals surface area contributed by atoms with E-state index in [0.717, 1.165) is 21.4 Å². The van der Waals surface area contributed by atoms with Gasteiger partial charge in [0.15, 0.2) is 0 Å². The highest BCUT2D eigenvalue weighted by Gasteiger charge is 2.31. The van der Waals surface area contributed by atoms with Crippen molar-refractivity contribution in [2.24, 2.45) is 5.14 Å². The van der Waals surface area contributed by atoms with E-state index in [-0.39, 0.29) is 18.2 Å². The lowest BCUT2D eigenvalue weighted by Gasteiger charge is -2.38. The van der Waals surface area contributed by atoms with Gasteiger partial charge in [0.1, 0.15) is 0 Å². The molecule has 30 heavy (non-hydrogen) atoms. The SMILES string of the molecule is C=CS(=O)(=O)N1CCN([C@@H](c2cc(Cl)cc(CCS(N)(=O)=O)c2)c2cccs2)CC1. The van der Waals surface area contributed by atoms with E-state index in [1.54, 1.807) is 17.4 Å². The minimum atomic E-state index is -3.58. The summed E-state index contributed by atoms with van der Waals surface area (Å²) in [4.78, 5) is 3.32.